The van der Waals surface area contributed by atoms with Gasteiger partial charge in [-0.25, -0.2) is 4.98 Å². The number of hydrogen-bond donors (Lipinski definition) is 1. The Kier molecular flexibility index (Phi) is 6.06. The average molecular weight is 416 g/mol. The SMILES string of the molecule is CCC(C)c1ccc(-c2csc(NC(=O)c3ccc(Cl)cc3[N+](=O)[O-])n2)cc1. The van der Waals surface area contributed by atoms with Crippen LogP contribution in [0.4, 0.5) is 10.8 Å². The van der Waals surface area contributed by atoms with Crippen molar-refractivity contribution in [2.45, 2.75) is 26.2 Å². The molecule has 0 saturated heterocycles. The topological polar surface area (TPSA) is 85.1 Å². The molecule has 1 unspecified atom stereocenters. The number of thiazole rings is 1. The summed E-state index contributed by atoms with van der Waals surface area (Å²) in [5.41, 5.74) is 2.54. The third-order valence-electron chi connectivity index (χ3n) is 4.51. The number of nitrogens with zero attached hydrogens (tertiary/aromatic N) is 2. The van der Waals surface area contributed by atoms with Crippen molar-refractivity contribution < 1.29 is 9.72 Å². The van der Waals surface area contributed by atoms with Crippen LogP contribution < -0.4 is 5.32 Å². The largest absolute Gasteiger partial charge is 0.298 e. The zero-order chi connectivity index (χ0) is 20.3. The third-order valence-corrected chi connectivity index (χ3v) is 5.51. The zero-order valence-corrected chi connectivity index (χ0v) is 16.9. The number of aromatic nitrogens is 1. The van der Waals surface area contributed by atoms with Crippen LogP contribution in [-0.2, 0) is 0 Å². The number of hydrogen-bond acceptors (Lipinski definition) is 5. The van der Waals surface area contributed by atoms with E-state index in [9.17, 15) is 14.9 Å². The molecular weight excluding hydrogens is 398 g/mol. The van der Waals surface area contributed by atoms with Crippen molar-refractivity contribution in [3.05, 3.63) is 74.1 Å². The molecule has 0 aliphatic heterocycles. The highest BCUT2D eigenvalue weighted by atomic mass is 35.5. The number of carbonyl (C=O) groups is 1. The van der Waals surface area contributed by atoms with Gasteiger partial charge in [0.1, 0.15) is 5.56 Å². The van der Waals surface area contributed by atoms with Gasteiger partial charge in [-0.1, -0.05) is 49.7 Å². The summed E-state index contributed by atoms with van der Waals surface area (Å²) in [6.45, 7) is 4.33. The number of rotatable bonds is 6. The van der Waals surface area contributed by atoms with Crippen molar-refractivity contribution in [1.29, 1.82) is 0 Å². The number of nitro benzene ring substituents is 1. The summed E-state index contributed by atoms with van der Waals surface area (Å²) >= 11 is 7.05. The first-order valence-corrected chi connectivity index (χ1v) is 9.96. The van der Waals surface area contributed by atoms with Crippen LogP contribution in [0.1, 0.15) is 42.1 Å². The molecule has 3 rings (SSSR count). The van der Waals surface area contributed by atoms with E-state index in [0.29, 0.717) is 11.0 Å². The molecule has 28 heavy (non-hydrogen) atoms. The van der Waals surface area contributed by atoms with Gasteiger partial charge in [-0.15, -0.1) is 11.3 Å². The maximum absolute atomic E-state index is 12.5. The number of nitrogens with one attached hydrogen (secondary N) is 1. The van der Waals surface area contributed by atoms with Gasteiger partial charge in [-0.2, -0.15) is 0 Å². The number of benzene rings is 2. The van der Waals surface area contributed by atoms with Crippen LogP contribution in [0.15, 0.2) is 47.8 Å². The van der Waals surface area contributed by atoms with Gasteiger partial charge in [0.15, 0.2) is 5.13 Å². The highest BCUT2D eigenvalue weighted by Crippen LogP contribution is 2.29. The Hall–Kier alpha value is -2.77. The van der Waals surface area contributed by atoms with E-state index in [1.54, 1.807) is 0 Å². The summed E-state index contributed by atoms with van der Waals surface area (Å²) in [6, 6.07) is 12.1. The first-order valence-electron chi connectivity index (χ1n) is 8.70. The molecule has 0 bridgehead atoms. The van der Waals surface area contributed by atoms with E-state index in [1.165, 1.54) is 29.0 Å². The van der Waals surface area contributed by atoms with Crippen molar-refractivity contribution in [3.8, 4) is 11.3 Å². The fourth-order valence-corrected chi connectivity index (χ4v) is 3.58. The Morgan fingerprint density at radius 2 is 2.00 bits per heavy atom. The number of amides is 1. The molecule has 1 N–H and O–H groups in total. The Morgan fingerprint density at radius 1 is 1.29 bits per heavy atom. The summed E-state index contributed by atoms with van der Waals surface area (Å²) < 4.78 is 0. The van der Waals surface area contributed by atoms with Crippen molar-refractivity contribution in [2.75, 3.05) is 5.32 Å². The molecule has 1 aromatic heterocycles. The van der Waals surface area contributed by atoms with Crippen LogP contribution in [-0.4, -0.2) is 15.8 Å². The Labute approximate surface area is 171 Å². The van der Waals surface area contributed by atoms with Gasteiger partial charge in [-0.05, 0) is 30.0 Å². The Bertz CT molecular complexity index is 1020. The second-order valence-corrected chi connectivity index (χ2v) is 7.64. The molecule has 144 valence electrons. The van der Waals surface area contributed by atoms with Crippen LogP contribution in [0.2, 0.25) is 5.02 Å². The molecule has 0 aliphatic carbocycles. The van der Waals surface area contributed by atoms with Gasteiger partial charge in [0.2, 0.25) is 0 Å². The molecule has 1 heterocycles. The Morgan fingerprint density at radius 3 is 2.64 bits per heavy atom. The molecule has 0 spiro atoms. The summed E-state index contributed by atoms with van der Waals surface area (Å²) in [5, 5.41) is 16.2. The average Bonchev–Trinajstić information content (AvgIpc) is 3.15. The zero-order valence-electron chi connectivity index (χ0n) is 15.3. The fraction of sp³-hybridized carbons (Fsp3) is 0.200. The van der Waals surface area contributed by atoms with Crippen molar-refractivity contribution in [1.82, 2.24) is 4.98 Å². The summed E-state index contributed by atoms with van der Waals surface area (Å²) in [4.78, 5) is 27.4. The lowest BCUT2D eigenvalue weighted by atomic mass is 9.97. The maximum atomic E-state index is 12.5. The minimum absolute atomic E-state index is 0.0657. The molecule has 0 saturated carbocycles. The highest BCUT2D eigenvalue weighted by Gasteiger charge is 2.21. The quantitative estimate of drug-likeness (QED) is 0.387. The number of nitro groups is 1. The lowest BCUT2D eigenvalue weighted by molar-refractivity contribution is -0.385. The molecule has 0 radical (unpaired) electrons. The van der Waals surface area contributed by atoms with Crippen LogP contribution in [0.5, 0.6) is 0 Å². The predicted octanol–water partition coefficient (Wildman–Crippen LogP) is 6.14. The monoisotopic (exact) mass is 415 g/mol. The molecule has 2 aromatic carbocycles. The van der Waals surface area contributed by atoms with E-state index >= 15 is 0 Å². The van der Waals surface area contributed by atoms with Crippen LogP contribution in [0.3, 0.4) is 0 Å². The number of anilines is 1. The molecule has 6 nitrogen and oxygen atoms in total. The summed E-state index contributed by atoms with van der Waals surface area (Å²) in [6.07, 6.45) is 1.07. The van der Waals surface area contributed by atoms with E-state index in [-0.39, 0.29) is 16.3 Å². The second kappa shape index (κ2) is 8.50. The third kappa shape index (κ3) is 4.37. The van der Waals surface area contributed by atoms with Crippen molar-refractivity contribution in [3.63, 3.8) is 0 Å². The molecule has 0 aliphatic rings. The van der Waals surface area contributed by atoms with Gasteiger partial charge in [0.05, 0.1) is 10.6 Å². The van der Waals surface area contributed by atoms with E-state index in [4.69, 9.17) is 11.6 Å². The minimum atomic E-state index is -0.632. The van der Waals surface area contributed by atoms with Crippen LogP contribution in [0, 0.1) is 10.1 Å². The summed E-state index contributed by atoms with van der Waals surface area (Å²) in [7, 11) is 0. The molecule has 8 heteroatoms. The van der Waals surface area contributed by atoms with Crippen molar-refractivity contribution in [2.24, 2.45) is 0 Å². The molecule has 1 atom stereocenters. The number of carbonyl (C=O) groups excluding carboxylic acids is 1. The van der Waals surface area contributed by atoms with E-state index < -0.39 is 10.8 Å². The van der Waals surface area contributed by atoms with Gasteiger partial charge in [0, 0.05) is 22.0 Å². The van der Waals surface area contributed by atoms with E-state index in [1.807, 2.05) is 17.5 Å². The number of halogens is 1. The fourth-order valence-electron chi connectivity index (χ4n) is 2.69. The lowest BCUT2D eigenvalue weighted by Crippen LogP contribution is -2.13. The minimum Gasteiger partial charge on any atom is -0.298 e. The summed E-state index contributed by atoms with van der Waals surface area (Å²) in [5.74, 6) is -0.106. The van der Waals surface area contributed by atoms with Crippen LogP contribution >= 0.6 is 22.9 Å². The predicted molar refractivity (Wildman–Crippen MR) is 112 cm³/mol. The molecule has 1 amide bonds. The second-order valence-electron chi connectivity index (χ2n) is 6.34. The smallest absolute Gasteiger partial charge is 0.283 e. The first-order chi connectivity index (χ1) is 13.4. The van der Waals surface area contributed by atoms with Gasteiger partial charge < -0.3 is 0 Å². The normalized spacial score (nSPS) is 11.8. The van der Waals surface area contributed by atoms with E-state index in [2.05, 4.69) is 36.3 Å². The van der Waals surface area contributed by atoms with E-state index in [0.717, 1.165) is 23.7 Å². The van der Waals surface area contributed by atoms with Crippen molar-refractivity contribution >= 4 is 39.7 Å². The Balaban J connectivity index is 1.78. The van der Waals surface area contributed by atoms with Gasteiger partial charge in [0.25, 0.3) is 11.6 Å². The van der Waals surface area contributed by atoms with Crippen LogP contribution in [0.25, 0.3) is 11.3 Å². The molecular formula is C20H18ClN3O3S. The standard InChI is InChI=1S/C20H18ClN3O3S/c1-3-12(2)13-4-6-14(7-5-13)17-11-28-20(22-17)23-19(25)16-9-8-15(21)10-18(16)24(26)27/h4-12H,3H2,1-2H3,(H,22,23,25). The first kappa shape index (κ1) is 20.0. The highest BCUT2D eigenvalue weighted by molar-refractivity contribution is 7.14. The van der Waals surface area contributed by atoms with Gasteiger partial charge in [-0.3, -0.25) is 20.2 Å². The van der Waals surface area contributed by atoms with Gasteiger partial charge >= 0.3 is 0 Å². The lowest BCUT2D eigenvalue weighted by Gasteiger charge is -2.08. The molecule has 3 aromatic rings. The maximum Gasteiger partial charge on any atom is 0.283 e. The molecule has 0 fully saturated rings.